The Kier molecular flexibility index (Phi) is 44.8. The van der Waals surface area contributed by atoms with E-state index in [1.165, 1.54) is 38.5 Å². The maximum atomic E-state index is 12.9. The third kappa shape index (κ3) is 38.4. The summed E-state index contributed by atoms with van der Waals surface area (Å²) in [4.78, 5) is 12.9. The van der Waals surface area contributed by atoms with Crippen molar-refractivity contribution in [2.24, 2.45) is 0 Å². The molecule has 0 saturated carbocycles. The van der Waals surface area contributed by atoms with E-state index in [2.05, 4.69) is 135 Å². The smallest absolute Gasteiger partial charge is 0.306 e. The van der Waals surface area contributed by atoms with Crippen LogP contribution in [0.1, 0.15) is 181 Å². The molecule has 1 rings (SSSR count). The van der Waals surface area contributed by atoms with Crippen molar-refractivity contribution in [2.45, 2.75) is 218 Å². The molecule has 1 fully saturated rings. The summed E-state index contributed by atoms with van der Waals surface area (Å²) < 4.78 is 22.9. The van der Waals surface area contributed by atoms with Crippen LogP contribution in [0.2, 0.25) is 0 Å². The highest BCUT2D eigenvalue weighted by Gasteiger charge is 2.44. The lowest BCUT2D eigenvalue weighted by Crippen LogP contribution is -2.59. The minimum absolute atomic E-state index is 0.122. The minimum Gasteiger partial charge on any atom is -0.457 e. The lowest BCUT2D eigenvalue weighted by molar-refractivity contribution is -0.305. The van der Waals surface area contributed by atoms with Crippen LogP contribution in [0.25, 0.3) is 0 Å². The van der Waals surface area contributed by atoms with Gasteiger partial charge in [-0.05, 0) is 103 Å². The highest BCUT2D eigenvalue weighted by molar-refractivity contribution is 5.69. The molecule has 0 aliphatic carbocycles. The van der Waals surface area contributed by atoms with E-state index in [0.29, 0.717) is 13.0 Å². The normalized spacial score (nSPS) is 20.1. The van der Waals surface area contributed by atoms with Gasteiger partial charge < -0.3 is 39.4 Å². The number of hydrogen-bond donors (Lipinski definition) is 4. The van der Waals surface area contributed by atoms with Crippen LogP contribution in [0.15, 0.2) is 122 Å². The predicted octanol–water partition coefficient (Wildman–Crippen LogP) is 13.5. The summed E-state index contributed by atoms with van der Waals surface area (Å²) in [5, 5.41) is 40.3. The van der Waals surface area contributed by atoms with E-state index in [1.54, 1.807) is 0 Å². The Balaban J connectivity index is 2.23. The molecule has 9 nitrogen and oxygen atoms in total. The second-order valence-corrected chi connectivity index (χ2v) is 17.6. The number of aliphatic hydroxyl groups excluding tert-OH is 4. The molecule has 9 heteroatoms. The maximum Gasteiger partial charge on any atom is 0.306 e. The summed E-state index contributed by atoms with van der Waals surface area (Å²) in [6.45, 7) is 4.27. The second kappa shape index (κ2) is 48.6. The average molecular weight is 949 g/mol. The van der Waals surface area contributed by atoms with E-state index in [4.69, 9.17) is 18.9 Å². The summed E-state index contributed by atoms with van der Waals surface area (Å²) in [5.41, 5.74) is 0. The highest BCUT2D eigenvalue weighted by atomic mass is 16.7. The van der Waals surface area contributed by atoms with Crippen LogP contribution in [-0.4, -0.2) is 89.6 Å². The van der Waals surface area contributed by atoms with Gasteiger partial charge in [0.15, 0.2) is 6.29 Å². The first kappa shape index (κ1) is 62.6. The zero-order valence-corrected chi connectivity index (χ0v) is 42.6. The highest BCUT2D eigenvalue weighted by Crippen LogP contribution is 2.22. The fourth-order valence-electron chi connectivity index (χ4n) is 7.31. The van der Waals surface area contributed by atoms with Crippen molar-refractivity contribution in [1.29, 1.82) is 0 Å². The molecule has 0 bridgehead atoms. The van der Waals surface area contributed by atoms with Crippen molar-refractivity contribution in [1.82, 2.24) is 0 Å². The molecule has 0 spiro atoms. The number of rotatable bonds is 44. The Bertz CT molecular complexity index is 1450. The number of carbonyl (C=O) groups excluding carboxylic acids is 1. The zero-order valence-electron chi connectivity index (χ0n) is 42.6. The van der Waals surface area contributed by atoms with Crippen molar-refractivity contribution < 1.29 is 44.2 Å². The van der Waals surface area contributed by atoms with Crippen LogP contribution < -0.4 is 0 Å². The molecule has 68 heavy (non-hydrogen) atoms. The standard InChI is InChI=1S/C59H96O9/c1-3-5-7-9-11-13-15-17-19-21-23-24-25-26-27-28-29-31-33-35-37-39-41-43-45-47-49-65-51-53(52-66-59-58(64)57(63)56(62)54(50-60)68-59)67-55(61)48-46-44-42-40-38-36-34-32-30-22-20-18-16-14-12-10-8-6-4-2/h5-8,11-14,17-20,23-24,26-27,29-32,53-54,56-60,62-64H,3-4,9-10,15-16,21-22,25,28,33-52H2,1-2H3/b7-5-,8-6-,13-11-,14-12-,19-17-,20-18-,24-23-,27-26-,31-29-,32-30-. The second-order valence-electron chi connectivity index (χ2n) is 17.6. The Morgan fingerprint density at radius 2 is 0.853 bits per heavy atom. The lowest BCUT2D eigenvalue weighted by atomic mass is 9.99. The molecule has 1 heterocycles. The molecule has 6 unspecified atom stereocenters. The van der Waals surface area contributed by atoms with Gasteiger partial charge in [0.05, 0.1) is 19.8 Å². The molecule has 1 aliphatic rings. The van der Waals surface area contributed by atoms with E-state index in [0.717, 1.165) is 122 Å². The number of ether oxygens (including phenoxy) is 4. The minimum atomic E-state index is -1.55. The maximum absolute atomic E-state index is 12.9. The molecular formula is C59H96O9. The number of carbonyl (C=O) groups is 1. The van der Waals surface area contributed by atoms with Crippen molar-refractivity contribution >= 4 is 5.97 Å². The van der Waals surface area contributed by atoms with Gasteiger partial charge in [-0.15, -0.1) is 0 Å². The van der Waals surface area contributed by atoms with Gasteiger partial charge in [0.25, 0.3) is 0 Å². The number of aliphatic hydroxyl groups is 4. The topological polar surface area (TPSA) is 135 Å². The summed E-state index contributed by atoms with van der Waals surface area (Å²) in [6.07, 6.45) is 63.7. The van der Waals surface area contributed by atoms with E-state index >= 15 is 0 Å². The Hall–Kier alpha value is -3.41. The third-order valence-electron chi connectivity index (χ3n) is 11.4. The van der Waals surface area contributed by atoms with Crippen LogP contribution in [0, 0.1) is 0 Å². The van der Waals surface area contributed by atoms with Gasteiger partial charge >= 0.3 is 5.97 Å². The monoisotopic (exact) mass is 949 g/mol. The molecule has 1 saturated heterocycles. The summed E-state index contributed by atoms with van der Waals surface area (Å²) >= 11 is 0. The van der Waals surface area contributed by atoms with Gasteiger partial charge in [-0.25, -0.2) is 0 Å². The summed E-state index contributed by atoms with van der Waals surface area (Å²) in [5.74, 6) is -0.337. The number of allylic oxidation sites excluding steroid dienone is 20. The molecule has 386 valence electrons. The zero-order chi connectivity index (χ0) is 49.2. The van der Waals surface area contributed by atoms with Crippen LogP contribution in [0.5, 0.6) is 0 Å². The molecule has 0 radical (unpaired) electrons. The molecule has 0 aromatic carbocycles. The SMILES string of the molecule is CC/C=C\C/C=C\C/C=C\C/C=C\C/C=C\C/C=C\CCCCCCCCCOCC(COC1OC(CO)C(O)C(O)C1O)OC(=O)CCCCCCCC/C=C\C/C=C\C/C=C\C/C=C\CC. The van der Waals surface area contributed by atoms with Crippen molar-refractivity contribution in [3.63, 3.8) is 0 Å². The van der Waals surface area contributed by atoms with Crippen LogP contribution in [-0.2, 0) is 23.7 Å². The van der Waals surface area contributed by atoms with Crippen molar-refractivity contribution in [3.05, 3.63) is 122 Å². The lowest BCUT2D eigenvalue weighted by Gasteiger charge is -2.39. The average Bonchev–Trinajstić information content (AvgIpc) is 3.34. The molecule has 4 N–H and O–H groups in total. The molecular weight excluding hydrogens is 853 g/mol. The van der Waals surface area contributed by atoms with E-state index in [1.807, 2.05) is 0 Å². The molecule has 0 aromatic rings. The van der Waals surface area contributed by atoms with Gasteiger partial charge in [-0.1, -0.05) is 193 Å². The fourth-order valence-corrected chi connectivity index (χ4v) is 7.31. The molecule has 0 aromatic heterocycles. The number of unbranched alkanes of at least 4 members (excludes halogenated alkanes) is 13. The van der Waals surface area contributed by atoms with Crippen LogP contribution in [0.3, 0.4) is 0 Å². The first-order valence-electron chi connectivity index (χ1n) is 26.6. The number of hydrogen-bond acceptors (Lipinski definition) is 9. The van der Waals surface area contributed by atoms with Gasteiger partial charge in [0.1, 0.15) is 30.5 Å². The Morgan fingerprint density at radius 3 is 1.28 bits per heavy atom. The quantitative estimate of drug-likeness (QED) is 0.0267. The number of esters is 1. The Morgan fingerprint density at radius 1 is 0.471 bits per heavy atom. The summed E-state index contributed by atoms with van der Waals surface area (Å²) in [7, 11) is 0. The van der Waals surface area contributed by atoms with E-state index in [9.17, 15) is 25.2 Å². The molecule has 6 atom stereocenters. The Labute approximate surface area is 414 Å². The van der Waals surface area contributed by atoms with Crippen LogP contribution >= 0.6 is 0 Å². The van der Waals surface area contributed by atoms with Crippen molar-refractivity contribution in [2.75, 3.05) is 26.4 Å². The van der Waals surface area contributed by atoms with Gasteiger partial charge in [0, 0.05) is 13.0 Å². The van der Waals surface area contributed by atoms with Crippen molar-refractivity contribution in [3.8, 4) is 0 Å². The molecule has 1 aliphatic heterocycles. The fraction of sp³-hybridized carbons (Fsp3) is 0.644. The van der Waals surface area contributed by atoms with Gasteiger partial charge in [-0.2, -0.15) is 0 Å². The third-order valence-corrected chi connectivity index (χ3v) is 11.4. The largest absolute Gasteiger partial charge is 0.457 e. The van der Waals surface area contributed by atoms with Crippen LogP contribution in [0.4, 0.5) is 0 Å². The van der Waals surface area contributed by atoms with Gasteiger partial charge in [-0.3, -0.25) is 4.79 Å². The first-order valence-corrected chi connectivity index (χ1v) is 26.6. The van der Waals surface area contributed by atoms with Gasteiger partial charge in [0.2, 0.25) is 0 Å². The van der Waals surface area contributed by atoms with E-state index < -0.39 is 43.4 Å². The summed E-state index contributed by atoms with van der Waals surface area (Å²) in [6, 6.07) is 0. The molecule has 0 amide bonds. The predicted molar refractivity (Wildman–Crippen MR) is 283 cm³/mol. The van der Waals surface area contributed by atoms with E-state index in [-0.39, 0.29) is 19.2 Å². The first-order chi connectivity index (χ1) is 33.4.